The standard InChI is InChI=1S/C24H19N5O3/c1-14-10-22(30)32-20-12-18(8-9-19(14)20)31-13-21-27-23(25)29-24(28-21)26-17-7-6-15-4-2-3-5-16(15)11-17/h2-12H,13H2,1H3,(H3,25,26,27,28,29). The first kappa shape index (κ1) is 19.5. The van der Waals surface area contributed by atoms with Gasteiger partial charge in [-0.1, -0.05) is 30.3 Å². The summed E-state index contributed by atoms with van der Waals surface area (Å²) in [4.78, 5) is 24.4. The molecule has 3 aromatic carbocycles. The van der Waals surface area contributed by atoms with E-state index in [4.69, 9.17) is 14.9 Å². The highest BCUT2D eigenvalue weighted by Crippen LogP contribution is 2.24. The molecule has 0 unspecified atom stereocenters. The zero-order valence-corrected chi connectivity index (χ0v) is 17.2. The molecular formula is C24H19N5O3. The van der Waals surface area contributed by atoms with Gasteiger partial charge in [0.2, 0.25) is 11.9 Å². The highest BCUT2D eigenvalue weighted by molar-refractivity contribution is 5.86. The minimum absolute atomic E-state index is 0.0701. The predicted molar refractivity (Wildman–Crippen MR) is 123 cm³/mol. The van der Waals surface area contributed by atoms with Crippen LogP contribution in [0.25, 0.3) is 21.7 Å². The van der Waals surface area contributed by atoms with E-state index in [-0.39, 0.29) is 12.6 Å². The number of benzene rings is 3. The van der Waals surface area contributed by atoms with Crippen LogP contribution in [0.4, 0.5) is 17.6 Å². The van der Waals surface area contributed by atoms with Crippen molar-refractivity contribution >= 4 is 39.3 Å². The molecule has 0 atom stereocenters. The number of nitrogens with one attached hydrogen (secondary N) is 1. The fourth-order valence-electron chi connectivity index (χ4n) is 3.50. The van der Waals surface area contributed by atoms with Gasteiger partial charge < -0.3 is 20.2 Å². The Balaban J connectivity index is 1.35. The number of aryl methyl sites for hydroxylation is 1. The van der Waals surface area contributed by atoms with Gasteiger partial charge in [-0.05, 0) is 47.5 Å². The van der Waals surface area contributed by atoms with Crippen molar-refractivity contribution in [3.63, 3.8) is 0 Å². The summed E-state index contributed by atoms with van der Waals surface area (Å²) >= 11 is 0. The Labute approximate surface area is 182 Å². The average Bonchev–Trinajstić information content (AvgIpc) is 2.77. The number of hydrogen-bond acceptors (Lipinski definition) is 8. The summed E-state index contributed by atoms with van der Waals surface area (Å²) in [5.74, 6) is 1.30. The van der Waals surface area contributed by atoms with E-state index in [1.165, 1.54) is 6.07 Å². The minimum Gasteiger partial charge on any atom is -0.485 e. The number of ether oxygens (including phenoxy) is 1. The van der Waals surface area contributed by atoms with Crippen LogP contribution in [0.5, 0.6) is 5.75 Å². The second-order valence-electron chi connectivity index (χ2n) is 7.32. The third kappa shape index (κ3) is 4.06. The van der Waals surface area contributed by atoms with Gasteiger partial charge in [0, 0.05) is 23.2 Å². The molecule has 8 nitrogen and oxygen atoms in total. The number of anilines is 3. The van der Waals surface area contributed by atoms with Crippen molar-refractivity contribution in [3.8, 4) is 5.75 Å². The van der Waals surface area contributed by atoms with Crippen LogP contribution in [0.15, 0.2) is 75.9 Å². The maximum atomic E-state index is 11.6. The number of nitrogen functional groups attached to an aromatic ring is 1. The lowest BCUT2D eigenvalue weighted by Crippen LogP contribution is -2.09. The first-order chi connectivity index (χ1) is 15.5. The molecule has 0 saturated heterocycles. The third-order valence-corrected chi connectivity index (χ3v) is 5.00. The molecule has 2 heterocycles. The molecule has 8 heteroatoms. The number of rotatable bonds is 5. The molecule has 158 valence electrons. The Morgan fingerprint density at radius 3 is 2.69 bits per heavy atom. The van der Waals surface area contributed by atoms with E-state index >= 15 is 0 Å². The summed E-state index contributed by atoms with van der Waals surface area (Å²) in [5, 5.41) is 6.26. The van der Waals surface area contributed by atoms with Crippen LogP contribution in [0.1, 0.15) is 11.4 Å². The Hall–Kier alpha value is -4.46. The van der Waals surface area contributed by atoms with Gasteiger partial charge in [0.1, 0.15) is 17.9 Å². The lowest BCUT2D eigenvalue weighted by molar-refractivity contribution is 0.296. The van der Waals surface area contributed by atoms with Crippen molar-refractivity contribution in [2.24, 2.45) is 0 Å². The molecule has 0 bridgehead atoms. The molecule has 0 aliphatic rings. The minimum atomic E-state index is -0.401. The topological polar surface area (TPSA) is 116 Å². The van der Waals surface area contributed by atoms with Crippen LogP contribution in [-0.4, -0.2) is 15.0 Å². The summed E-state index contributed by atoms with van der Waals surface area (Å²) in [6, 6.07) is 20.8. The van der Waals surface area contributed by atoms with E-state index in [9.17, 15) is 4.79 Å². The Morgan fingerprint density at radius 2 is 1.81 bits per heavy atom. The predicted octanol–water partition coefficient (Wildman–Crippen LogP) is 4.34. The Kier molecular flexibility index (Phi) is 4.87. The maximum absolute atomic E-state index is 11.6. The molecule has 0 amide bonds. The monoisotopic (exact) mass is 425 g/mol. The van der Waals surface area contributed by atoms with Gasteiger partial charge in [0.25, 0.3) is 0 Å². The second-order valence-corrected chi connectivity index (χ2v) is 7.32. The normalized spacial score (nSPS) is 11.0. The molecule has 2 aromatic heterocycles. The molecule has 0 radical (unpaired) electrons. The highest BCUT2D eigenvalue weighted by atomic mass is 16.5. The lowest BCUT2D eigenvalue weighted by atomic mass is 10.1. The van der Waals surface area contributed by atoms with E-state index in [1.807, 2.05) is 49.4 Å². The average molecular weight is 425 g/mol. The number of aromatic nitrogens is 3. The molecule has 32 heavy (non-hydrogen) atoms. The molecule has 0 fully saturated rings. The molecular weight excluding hydrogens is 406 g/mol. The number of hydrogen-bond donors (Lipinski definition) is 2. The van der Waals surface area contributed by atoms with E-state index in [1.54, 1.807) is 12.1 Å². The van der Waals surface area contributed by atoms with Crippen LogP contribution >= 0.6 is 0 Å². The SMILES string of the molecule is Cc1cc(=O)oc2cc(OCc3nc(N)nc(Nc4ccc5ccccc5c4)n3)ccc12. The van der Waals surface area contributed by atoms with Gasteiger partial charge in [-0.25, -0.2) is 4.79 Å². The molecule has 3 N–H and O–H groups in total. The third-order valence-electron chi connectivity index (χ3n) is 5.00. The van der Waals surface area contributed by atoms with E-state index in [2.05, 4.69) is 26.3 Å². The van der Waals surface area contributed by atoms with Gasteiger partial charge in [-0.3, -0.25) is 0 Å². The molecule has 0 aliphatic carbocycles. The zero-order chi connectivity index (χ0) is 22.1. The fraction of sp³-hybridized carbons (Fsp3) is 0.0833. The highest BCUT2D eigenvalue weighted by Gasteiger charge is 2.08. The Morgan fingerprint density at radius 1 is 0.969 bits per heavy atom. The lowest BCUT2D eigenvalue weighted by Gasteiger charge is -2.10. The summed E-state index contributed by atoms with van der Waals surface area (Å²) in [5.41, 5.74) is 7.61. The number of nitrogens with zero attached hydrogens (tertiary/aromatic N) is 3. The van der Waals surface area contributed by atoms with Crippen LogP contribution in [0.2, 0.25) is 0 Å². The van der Waals surface area contributed by atoms with Gasteiger partial charge in [0.05, 0.1) is 0 Å². The van der Waals surface area contributed by atoms with Gasteiger partial charge in [0.15, 0.2) is 5.82 Å². The maximum Gasteiger partial charge on any atom is 0.336 e. The van der Waals surface area contributed by atoms with E-state index in [0.717, 1.165) is 27.4 Å². The molecule has 5 rings (SSSR count). The molecule has 0 aliphatic heterocycles. The van der Waals surface area contributed by atoms with Crippen molar-refractivity contribution in [1.82, 2.24) is 15.0 Å². The van der Waals surface area contributed by atoms with Crippen molar-refractivity contribution in [2.45, 2.75) is 13.5 Å². The first-order valence-corrected chi connectivity index (χ1v) is 9.97. The van der Waals surface area contributed by atoms with Crippen molar-refractivity contribution in [3.05, 3.63) is 88.5 Å². The molecule has 0 saturated carbocycles. The summed E-state index contributed by atoms with van der Waals surface area (Å²) in [6.45, 7) is 1.93. The largest absolute Gasteiger partial charge is 0.485 e. The first-order valence-electron chi connectivity index (χ1n) is 9.97. The molecule has 5 aromatic rings. The second kappa shape index (κ2) is 7.99. The van der Waals surface area contributed by atoms with Crippen LogP contribution in [-0.2, 0) is 6.61 Å². The Bertz CT molecular complexity index is 1510. The van der Waals surface area contributed by atoms with Crippen molar-refractivity contribution in [1.29, 1.82) is 0 Å². The molecule has 0 spiro atoms. The van der Waals surface area contributed by atoms with E-state index in [0.29, 0.717) is 23.1 Å². The van der Waals surface area contributed by atoms with Crippen LogP contribution in [0, 0.1) is 6.92 Å². The van der Waals surface area contributed by atoms with E-state index < -0.39 is 5.63 Å². The van der Waals surface area contributed by atoms with Gasteiger partial charge in [-0.15, -0.1) is 0 Å². The summed E-state index contributed by atoms with van der Waals surface area (Å²) < 4.78 is 11.1. The fourth-order valence-corrected chi connectivity index (χ4v) is 3.50. The van der Waals surface area contributed by atoms with Crippen LogP contribution < -0.4 is 21.4 Å². The zero-order valence-electron chi connectivity index (χ0n) is 17.2. The number of fused-ring (bicyclic) bond motifs is 2. The van der Waals surface area contributed by atoms with Crippen LogP contribution in [0.3, 0.4) is 0 Å². The van der Waals surface area contributed by atoms with Crippen molar-refractivity contribution in [2.75, 3.05) is 11.1 Å². The smallest absolute Gasteiger partial charge is 0.336 e. The van der Waals surface area contributed by atoms with Crippen molar-refractivity contribution < 1.29 is 9.15 Å². The number of nitrogens with two attached hydrogens (primary N) is 1. The van der Waals surface area contributed by atoms with Gasteiger partial charge >= 0.3 is 5.63 Å². The van der Waals surface area contributed by atoms with Gasteiger partial charge in [-0.2, -0.15) is 15.0 Å². The quantitative estimate of drug-likeness (QED) is 0.399. The summed E-state index contributed by atoms with van der Waals surface area (Å²) in [6.07, 6.45) is 0. The summed E-state index contributed by atoms with van der Waals surface area (Å²) in [7, 11) is 0.